The third-order valence-corrected chi connectivity index (χ3v) is 5.20. The van der Waals surface area contributed by atoms with Gasteiger partial charge in [0.05, 0.1) is 31.2 Å². The van der Waals surface area contributed by atoms with Gasteiger partial charge in [0.2, 0.25) is 5.91 Å². The van der Waals surface area contributed by atoms with E-state index in [4.69, 9.17) is 4.74 Å². The van der Waals surface area contributed by atoms with E-state index in [-0.39, 0.29) is 18.4 Å². The highest BCUT2D eigenvalue weighted by molar-refractivity contribution is 5.79. The van der Waals surface area contributed by atoms with E-state index in [1.807, 2.05) is 0 Å². The SMILES string of the molecule is CCC[C@H]1COC[C@H]2CN(C(=O)Cc3cccc(C(F)(F)F)c3)CCN12. The standard InChI is InChI=1S/C19H25F3N2O2/c1-2-4-16-12-26-13-17-11-23(7-8-24(16)17)18(25)10-14-5-3-6-15(9-14)19(20,21)22/h3,5-6,9,16-17H,2,4,7-8,10-13H2,1H3/t16-,17+/m0/s1. The minimum absolute atomic E-state index is 0.00408. The number of piperazine rings is 1. The zero-order valence-electron chi connectivity index (χ0n) is 15.0. The van der Waals surface area contributed by atoms with Gasteiger partial charge in [-0.15, -0.1) is 0 Å². The van der Waals surface area contributed by atoms with Crippen molar-refractivity contribution in [2.75, 3.05) is 32.8 Å². The summed E-state index contributed by atoms with van der Waals surface area (Å²) in [6.07, 6.45) is -2.22. The van der Waals surface area contributed by atoms with Crippen molar-refractivity contribution in [3.05, 3.63) is 35.4 Å². The van der Waals surface area contributed by atoms with E-state index in [9.17, 15) is 18.0 Å². The van der Waals surface area contributed by atoms with Crippen LogP contribution in [0.5, 0.6) is 0 Å². The van der Waals surface area contributed by atoms with Gasteiger partial charge in [-0.1, -0.05) is 31.5 Å². The summed E-state index contributed by atoms with van der Waals surface area (Å²) >= 11 is 0. The molecule has 7 heteroatoms. The summed E-state index contributed by atoms with van der Waals surface area (Å²) in [6, 6.07) is 5.60. The smallest absolute Gasteiger partial charge is 0.378 e. The van der Waals surface area contributed by atoms with Crippen molar-refractivity contribution in [3.8, 4) is 0 Å². The second-order valence-corrected chi connectivity index (χ2v) is 7.09. The summed E-state index contributed by atoms with van der Waals surface area (Å²) in [4.78, 5) is 16.8. The molecule has 0 unspecified atom stereocenters. The lowest BCUT2D eigenvalue weighted by molar-refractivity contribution is -0.140. The largest absolute Gasteiger partial charge is 0.416 e. The Labute approximate surface area is 151 Å². The molecule has 0 N–H and O–H groups in total. The number of ether oxygens (including phenoxy) is 1. The zero-order valence-corrected chi connectivity index (χ0v) is 15.0. The van der Waals surface area contributed by atoms with E-state index in [0.29, 0.717) is 31.3 Å². The highest BCUT2D eigenvalue weighted by Gasteiger charge is 2.36. The van der Waals surface area contributed by atoms with E-state index in [1.165, 1.54) is 6.07 Å². The van der Waals surface area contributed by atoms with Crippen LogP contribution in [-0.2, 0) is 22.1 Å². The zero-order chi connectivity index (χ0) is 18.7. The minimum Gasteiger partial charge on any atom is -0.378 e. The molecule has 2 atom stereocenters. The summed E-state index contributed by atoms with van der Waals surface area (Å²) in [5.74, 6) is -0.124. The molecule has 1 aromatic rings. The molecule has 2 aliphatic heterocycles. The number of carbonyl (C=O) groups excluding carboxylic acids is 1. The minimum atomic E-state index is -4.39. The molecule has 0 aliphatic carbocycles. The van der Waals surface area contributed by atoms with Gasteiger partial charge in [0.15, 0.2) is 0 Å². The summed E-state index contributed by atoms with van der Waals surface area (Å²) < 4.78 is 44.2. The number of alkyl halides is 3. The molecule has 2 fully saturated rings. The van der Waals surface area contributed by atoms with Crippen molar-refractivity contribution in [2.24, 2.45) is 0 Å². The average Bonchev–Trinajstić information content (AvgIpc) is 2.61. The van der Waals surface area contributed by atoms with E-state index < -0.39 is 11.7 Å². The van der Waals surface area contributed by atoms with Crippen LogP contribution in [0.15, 0.2) is 24.3 Å². The van der Waals surface area contributed by atoms with Crippen LogP contribution in [-0.4, -0.2) is 60.6 Å². The number of halogens is 3. The molecule has 0 aromatic heterocycles. The molecule has 0 bridgehead atoms. The van der Waals surface area contributed by atoms with Gasteiger partial charge in [-0.2, -0.15) is 13.2 Å². The van der Waals surface area contributed by atoms with Crippen LogP contribution in [0.2, 0.25) is 0 Å². The van der Waals surface area contributed by atoms with Crippen molar-refractivity contribution < 1.29 is 22.7 Å². The molecule has 2 aliphatic rings. The summed E-state index contributed by atoms with van der Waals surface area (Å²) in [5, 5.41) is 0. The van der Waals surface area contributed by atoms with Crippen LogP contribution in [0.1, 0.15) is 30.9 Å². The highest BCUT2D eigenvalue weighted by atomic mass is 19.4. The number of amides is 1. The maximum Gasteiger partial charge on any atom is 0.416 e. The van der Waals surface area contributed by atoms with E-state index in [1.54, 1.807) is 11.0 Å². The Hall–Kier alpha value is -1.60. The number of rotatable bonds is 4. The lowest BCUT2D eigenvalue weighted by Crippen LogP contribution is -2.62. The van der Waals surface area contributed by atoms with Crippen molar-refractivity contribution in [3.63, 3.8) is 0 Å². The Balaban J connectivity index is 1.61. The average molecular weight is 370 g/mol. The molecule has 3 rings (SSSR count). The first-order valence-corrected chi connectivity index (χ1v) is 9.16. The van der Waals surface area contributed by atoms with Crippen LogP contribution in [0, 0.1) is 0 Å². The van der Waals surface area contributed by atoms with E-state index in [2.05, 4.69) is 11.8 Å². The number of fused-ring (bicyclic) bond motifs is 1. The lowest BCUT2D eigenvalue weighted by atomic mass is 10.0. The molecule has 4 nitrogen and oxygen atoms in total. The number of benzene rings is 1. The fraction of sp³-hybridized carbons (Fsp3) is 0.632. The number of hydrogen-bond acceptors (Lipinski definition) is 3. The fourth-order valence-electron chi connectivity index (χ4n) is 3.89. The number of nitrogens with zero attached hydrogens (tertiary/aromatic N) is 2. The summed E-state index contributed by atoms with van der Waals surface area (Å²) in [7, 11) is 0. The Bertz CT molecular complexity index is 633. The van der Waals surface area contributed by atoms with Gasteiger partial charge in [0.25, 0.3) is 0 Å². The molecule has 0 spiro atoms. The van der Waals surface area contributed by atoms with Crippen molar-refractivity contribution >= 4 is 5.91 Å². The molecule has 2 heterocycles. The van der Waals surface area contributed by atoms with Crippen molar-refractivity contribution in [2.45, 2.75) is 44.4 Å². The Morgan fingerprint density at radius 1 is 1.27 bits per heavy atom. The second kappa shape index (κ2) is 7.96. The maximum atomic E-state index is 12.8. The van der Waals surface area contributed by atoms with Crippen molar-refractivity contribution in [1.29, 1.82) is 0 Å². The van der Waals surface area contributed by atoms with Crippen LogP contribution >= 0.6 is 0 Å². The quantitative estimate of drug-likeness (QED) is 0.817. The highest BCUT2D eigenvalue weighted by Crippen LogP contribution is 2.30. The number of carbonyl (C=O) groups is 1. The number of hydrogen-bond donors (Lipinski definition) is 0. The molecular formula is C19H25F3N2O2. The van der Waals surface area contributed by atoms with Gasteiger partial charge in [-0.25, -0.2) is 0 Å². The van der Waals surface area contributed by atoms with Gasteiger partial charge in [-0.3, -0.25) is 9.69 Å². The fourth-order valence-corrected chi connectivity index (χ4v) is 3.89. The predicted molar refractivity (Wildman–Crippen MR) is 91.7 cm³/mol. The van der Waals surface area contributed by atoms with Gasteiger partial charge >= 0.3 is 6.18 Å². The van der Waals surface area contributed by atoms with Crippen LogP contribution in [0.25, 0.3) is 0 Å². The maximum absolute atomic E-state index is 12.8. The first-order chi connectivity index (χ1) is 12.4. The molecular weight excluding hydrogens is 345 g/mol. The third kappa shape index (κ3) is 4.38. The predicted octanol–water partition coefficient (Wildman–Crippen LogP) is 2.96. The molecule has 2 saturated heterocycles. The van der Waals surface area contributed by atoms with Gasteiger partial charge < -0.3 is 9.64 Å². The number of morpholine rings is 1. The van der Waals surface area contributed by atoms with Crippen LogP contribution in [0.4, 0.5) is 13.2 Å². The van der Waals surface area contributed by atoms with Gasteiger partial charge in [0.1, 0.15) is 0 Å². The normalized spacial score (nSPS) is 24.4. The Morgan fingerprint density at radius 2 is 2.08 bits per heavy atom. The molecule has 1 aromatic carbocycles. The van der Waals surface area contributed by atoms with Crippen molar-refractivity contribution in [1.82, 2.24) is 9.80 Å². The van der Waals surface area contributed by atoms with Crippen LogP contribution in [0.3, 0.4) is 0 Å². The monoisotopic (exact) mass is 370 g/mol. The topological polar surface area (TPSA) is 32.8 Å². The van der Waals surface area contributed by atoms with Gasteiger partial charge in [0, 0.05) is 25.7 Å². The molecule has 0 saturated carbocycles. The lowest BCUT2D eigenvalue weighted by Gasteiger charge is -2.48. The Kier molecular flexibility index (Phi) is 5.87. The Morgan fingerprint density at radius 3 is 2.81 bits per heavy atom. The van der Waals surface area contributed by atoms with Crippen LogP contribution < -0.4 is 0 Å². The molecule has 1 amide bonds. The molecule has 0 radical (unpaired) electrons. The first-order valence-electron chi connectivity index (χ1n) is 9.16. The van der Waals surface area contributed by atoms with Gasteiger partial charge in [-0.05, 0) is 18.1 Å². The summed E-state index contributed by atoms with van der Waals surface area (Å²) in [5.41, 5.74) is -0.313. The third-order valence-electron chi connectivity index (χ3n) is 5.20. The summed E-state index contributed by atoms with van der Waals surface area (Å²) in [6.45, 7) is 5.49. The second-order valence-electron chi connectivity index (χ2n) is 7.09. The molecule has 26 heavy (non-hydrogen) atoms. The van der Waals surface area contributed by atoms with E-state index in [0.717, 1.165) is 38.1 Å². The first kappa shape index (κ1) is 19.2. The van der Waals surface area contributed by atoms with E-state index >= 15 is 0 Å². The molecule has 144 valence electrons.